The number of ether oxygens (including phenoxy) is 1. The molecule has 0 saturated heterocycles. The minimum Gasteiger partial charge on any atom is -0.497 e. The van der Waals surface area contributed by atoms with Gasteiger partial charge in [0.2, 0.25) is 0 Å². The molecular formula is C21H25N3O5. The molecule has 154 valence electrons. The predicted molar refractivity (Wildman–Crippen MR) is 111 cm³/mol. The van der Waals surface area contributed by atoms with Crippen molar-refractivity contribution in [3.8, 4) is 17.1 Å². The summed E-state index contributed by atoms with van der Waals surface area (Å²) in [5, 5.41) is 26.5. The average Bonchev–Trinajstić information content (AvgIpc) is 3.10. The number of fused-ring (bicyclic) bond motifs is 1. The van der Waals surface area contributed by atoms with Gasteiger partial charge in [-0.15, -0.1) is 0 Å². The molecular weight excluding hydrogens is 374 g/mol. The topological polar surface area (TPSA) is 117 Å². The molecule has 0 aliphatic carbocycles. The number of aliphatic hydroxyl groups excluding tert-OH is 2. The summed E-state index contributed by atoms with van der Waals surface area (Å²) >= 11 is 0. The molecule has 1 aromatic heterocycles. The summed E-state index contributed by atoms with van der Waals surface area (Å²) in [5.74, 6) is 1.43. The fourth-order valence-corrected chi connectivity index (χ4v) is 2.81. The molecule has 3 rings (SSSR count). The fraction of sp³-hybridized carbons (Fsp3) is 0.238. The number of hydroxylamine groups is 1. The van der Waals surface area contributed by atoms with Gasteiger partial charge in [-0.25, -0.2) is 10.5 Å². The highest BCUT2D eigenvalue weighted by Crippen LogP contribution is 2.27. The second-order valence-corrected chi connectivity index (χ2v) is 6.08. The number of nitrogens with one attached hydrogen (secondary N) is 1. The molecule has 29 heavy (non-hydrogen) atoms. The van der Waals surface area contributed by atoms with Crippen LogP contribution in [0.4, 0.5) is 0 Å². The second-order valence-electron chi connectivity index (χ2n) is 6.08. The molecule has 8 nitrogen and oxygen atoms in total. The molecule has 0 fully saturated rings. The second kappa shape index (κ2) is 11.1. The molecule has 0 bridgehead atoms. The average molecular weight is 399 g/mol. The maximum absolute atomic E-state index is 10.5. The first-order valence-electron chi connectivity index (χ1n) is 8.94. The van der Waals surface area contributed by atoms with E-state index in [4.69, 9.17) is 14.9 Å². The molecule has 8 heteroatoms. The summed E-state index contributed by atoms with van der Waals surface area (Å²) in [6.07, 6.45) is 2.97. The zero-order valence-corrected chi connectivity index (χ0v) is 16.3. The van der Waals surface area contributed by atoms with Crippen molar-refractivity contribution in [2.45, 2.75) is 12.6 Å². The van der Waals surface area contributed by atoms with Gasteiger partial charge in [-0.2, -0.15) is 0 Å². The van der Waals surface area contributed by atoms with Crippen LogP contribution in [0.1, 0.15) is 5.56 Å². The number of allylic oxidation sites excluding steroid dienone is 1. The van der Waals surface area contributed by atoms with Crippen molar-refractivity contribution in [3.63, 3.8) is 0 Å². The third kappa shape index (κ3) is 5.72. The zero-order chi connectivity index (χ0) is 21.2. The first kappa shape index (κ1) is 22.3. The summed E-state index contributed by atoms with van der Waals surface area (Å²) in [4.78, 5) is 15.2. The minimum absolute atomic E-state index is 0.220. The summed E-state index contributed by atoms with van der Waals surface area (Å²) < 4.78 is 7.07. The third-order valence-electron chi connectivity index (χ3n) is 4.09. The third-order valence-corrected chi connectivity index (χ3v) is 4.09. The van der Waals surface area contributed by atoms with Gasteiger partial charge >= 0.3 is 0 Å². The molecule has 1 heterocycles. The van der Waals surface area contributed by atoms with Crippen LogP contribution in [0, 0.1) is 0 Å². The van der Waals surface area contributed by atoms with E-state index < -0.39 is 6.10 Å². The Morgan fingerprint density at radius 3 is 2.52 bits per heavy atom. The smallest absolute Gasteiger partial charge is 0.142 e. The van der Waals surface area contributed by atoms with E-state index in [2.05, 4.69) is 0 Å². The van der Waals surface area contributed by atoms with E-state index in [1.807, 2.05) is 47.0 Å². The van der Waals surface area contributed by atoms with Crippen LogP contribution in [0.2, 0.25) is 0 Å². The summed E-state index contributed by atoms with van der Waals surface area (Å²) in [6.45, 7) is -0.111. The number of carbonyl (C=O) groups is 1. The lowest BCUT2D eigenvalue weighted by molar-refractivity contribution is -0.104. The maximum atomic E-state index is 10.5. The van der Waals surface area contributed by atoms with Crippen LogP contribution in [0.25, 0.3) is 28.5 Å². The van der Waals surface area contributed by atoms with Crippen LogP contribution >= 0.6 is 0 Å². The monoisotopic (exact) mass is 399 g/mol. The number of carbonyl (C=O) groups excluding carboxylic acids is 1. The molecule has 0 amide bonds. The lowest BCUT2D eigenvalue weighted by Gasteiger charge is -2.13. The highest BCUT2D eigenvalue weighted by molar-refractivity contribution is 5.84. The van der Waals surface area contributed by atoms with Crippen molar-refractivity contribution in [2.24, 2.45) is 0 Å². The number of benzene rings is 2. The number of nitrogens with zero attached hydrogens (tertiary/aromatic N) is 2. The summed E-state index contributed by atoms with van der Waals surface area (Å²) in [7, 11) is 3.04. The first-order valence-corrected chi connectivity index (χ1v) is 8.94. The largest absolute Gasteiger partial charge is 0.497 e. The Kier molecular flexibility index (Phi) is 8.50. The summed E-state index contributed by atoms with van der Waals surface area (Å²) in [5.41, 5.74) is 5.07. The summed E-state index contributed by atoms with van der Waals surface area (Å²) in [6, 6.07) is 13.1. The highest BCUT2D eigenvalue weighted by atomic mass is 16.5. The van der Waals surface area contributed by atoms with Crippen LogP contribution in [-0.2, 0) is 11.3 Å². The van der Waals surface area contributed by atoms with Crippen LogP contribution in [-0.4, -0.2) is 58.1 Å². The Hall–Kier alpha value is -3.04. The van der Waals surface area contributed by atoms with Crippen molar-refractivity contribution >= 4 is 23.4 Å². The van der Waals surface area contributed by atoms with Gasteiger partial charge in [0.25, 0.3) is 0 Å². The molecule has 1 unspecified atom stereocenters. The zero-order valence-electron chi connectivity index (χ0n) is 16.3. The van der Waals surface area contributed by atoms with Crippen LogP contribution in [0.15, 0.2) is 48.5 Å². The molecule has 0 aliphatic heterocycles. The highest BCUT2D eigenvalue weighted by Gasteiger charge is 2.15. The van der Waals surface area contributed by atoms with Crippen molar-refractivity contribution in [3.05, 3.63) is 54.1 Å². The van der Waals surface area contributed by atoms with Crippen LogP contribution < -0.4 is 10.2 Å². The molecule has 1 atom stereocenters. The number of hydrogen-bond donors (Lipinski definition) is 4. The van der Waals surface area contributed by atoms with Gasteiger partial charge in [-0.3, -0.25) is 4.79 Å². The Bertz CT molecular complexity index is 951. The lowest BCUT2D eigenvalue weighted by atomic mass is 10.2. The van der Waals surface area contributed by atoms with Crippen molar-refractivity contribution < 1.29 is 25.0 Å². The molecule has 2 aromatic carbocycles. The van der Waals surface area contributed by atoms with Gasteiger partial charge in [-0.05, 0) is 48.0 Å². The molecule has 3 aromatic rings. The van der Waals surface area contributed by atoms with Crippen molar-refractivity contribution in [1.29, 1.82) is 0 Å². The lowest BCUT2D eigenvalue weighted by Crippen LogP contribution is -2.20. The van der Waals surface area contributed by atoms with E-state index >= 15 is 0 Å². The fourth-order valence-electron chi connectivity index (χ4n) is 2.81. The Labute approximate surface area is 168 Å². The maximum Gasteiger partial charge on any atom is 0.142 e. The van der Waals surface area contributed by atoms with Gasteiger partial charge in [0, 0.05) is 12.6 Å². The number of aldehydes is 1. The van der Waals surface area contributed by atoms with Gasteiger partial charge < -0.3 is 24.7 Å². The van der Waals surface area contributed by atoms with E-state index in [-0.39, 0.29) is 13.2 Å². The first-order chi connectivity index (χ1) is 14.1. The normalized spacial score (nSPS) is 11.9. The Morgan fingerprint density at radius 2 is 1.93 bits per heavy atom. The predicted octanol–water partition coefficient (Wildman–Crippen LogP) is 1.87. The number of aromatic nitrogens is 2. The van der Waals surface area contributed by atoms with Crippen molar-refractivity contribution in [1.82, 2.24) is 15.0 Å². The Morgan fingerprint density at radius 1 is 1.24 bits per heavy atom. The van der Waals surface area contributed by atoms with E-state index in [0.717, 1.165) is 34.2 Å². The van der Waals surface area contributed by atoms with E-state index in [1.165, 1.54) is 13.1 Å². The van der Waals surface area contributed by atoms with E-state index in [0.29, 0.717) is 5.82 Å². The Balaban J connectivity index is 0.000000941. The van der Waals surface area contributed by atoms with E-state index in [9.17, 15) is 15.0 Å². The van der Waals surface area contributed by atoms with Gasteiger partial charge in [0.05, 0.1) is 37.4 Å². The van der Waals surface area contributed by atoms with E-state index in [1.54, 1.807) is 18.7 Å². The SMILES string of the molecule is CNO.COc1ccc(-c2nc3cc(/C=C/C=O)ccc3n2CC(O)CO)cc1. The van der Waals surface area contributed by atoms with Crippen molar-refractivity contribution in [2.75, 3.05) is 20.8 Å². The number of rotatable bonds is 7. The van der Waals surface area contributed by atoms with Gasteiger partial charge in [0.15, 0.2) is 0 Å². The van der Waals surface area contributed by atoms with Gasteiger partial charge in [0.1, 0.15) is 17.9 Å². The number of aliphatic hydroxyl groups is 2. The standard InChI is InChI=1S/C20H20N2O4.CH5NO/c1-26-17-7-5-15(6-8-17)20-21-18-11-14(3-2-10-23)4-9-19(18)22(20)12-16(25)13-24;1-2-3/h2-11,16,24-25H,12-13H2,1H3;2-3H,1H3/b3-2+;. The quantitative estimate of drug-likeness (QED) is 0.272. The van der Waals surface area contributed by atoms with Gasteiger partial charge in [-0.1, -0.05) is 12.1 Å². The molecule has 0 radical (unpaired) electrons. The number of methoxy groups -OCH3 is 1. The molecule has 4 N–H and O–H groups in total. The molecule has 0 spiro atoms. The van der Waals surface area contributed by atoms with Crippen LogP contribution in [0.5, 0.6) is 5.75 Å². The number of hydrogen-bond acceptors (Lipinski definition) is 7. The number of imidazole rings is 1. The molecule has 0 aliphatic rings. The van der Waals surface area contributed by atoms with Crippen LogP contribution in [0.3, 0.4) is 0 Å². The minimum atomic E-state index is -0.890. The molecule has 0 saturated carbocycles.